The first-order valence-corrected chi connectivity index (χ1v) is 10.4. The number of hydrogen-bond acceptors (Lipinski definition) is 4. The molecule has 3 rings (SSSR count). The second-order valence-electron chi connectivity index (χ2n) is 7.37. The molecule has 1 saturated heterocycles. The average molecular weight is 440 g/mol. The van der Waals surface area contributed by atoms with E-state index >= 15 is 0 Å². The summed E-state index contributed by atoms with van der Waals surface area (Å²) >= 11 is -2.45. The van der Waals surface area contributed by atoms with Gasteiger partial charge in [-0.25, -0.2) is 13.2 Å². The summed E-state index contributed by atoms with van der Waals surface area (Å²) in [6.07, 6.45) is 0. The summed E-state index contributed by atoms with van der Waals surface area (Å²) < 4.78 is 64.7. The smallest absolute Gasteiger partial charge is 0.254 e. The first-order valence-electron chi connectivity index (χ1n) is 9.30. The molecule has 0 aliphatic carbocycles. The van der Waals surface area contributed by atoms with E-state index in [0.717, 1.165) is 0 Å². The zero-order valence-electron chi connectivity index (χ0n) is 16.4. The molecule has 1 N–H and O–H groups in total. The van der Waals surface area contributed by atoms with Crippen LogP contribution in [-0.4, -0.2) is 49.6 Å². The van der Waals surface area contributed by atoms with Crippen molar-refractivity contribution in [1.82, 2.24) is 9.80 Å². The van der Waals surface area contributed by atoms with Crippen molar-refractivity contribution in [3.63, 3.8) is 0 Å². The van der Waals surface area contributed by atoms with Crippen LogP contribution in [0.3, 0.4) is 0 Å². The molecular formula is C20H21F3N3O3S-. The molecule has 162 valence electrons. The maximum Gasteiger partial charge on any atom is 0.254 e. The third kappa shape index (κ3) is 5.00. The van der Waals surface area contributed by atoms with Crippen molar-refractivity contribution in [3.8, 4) is 0 Å². The van der Waals surface area contributed by atoms with Crippen LogP contribution in [0, 0.1) is 17.5 Å². The Morgan fingerprint density at radius 3 is 2.13 bits per heavy atom. The fraction of sp³-hybridized carbons (Fsp3) is 0.350. The minimum absolute atomic E-state index is 0.0264. The van der Waals surface area contributed by atoms with E-state index < -0.39 is 28.7 Å². The van der Waals surface area contributed by atoms with Crippen molar-refractivity contribution in [2.75, 3.05) is 17.8 Å². The molecule has 1 aliphatic heterocycles. The van der Waals surface area contributed by atoms with E-state index in [1.807, 2.05) is 18.7 Å². The second-order valence-corrected chi connectivity index (χ2v) is 8.04. The minimum atomic E-state index is -2.45. The standard InChI is InChI=1S/C20H22F3N3O3S/c1-12-9-25(11-17-18(22)7-15(21)8-19(17)23)10-13(2)26(12)20(27)14-3-5-16(6-4-14)24-30(28)29/h3-8,12-13,24H,9-11H2,1-2H3,(H,28,29)/p-1. The van der Waals surface area contributed by atoms with Crippen molar-refractivity contribution >= 4 is 22.9 Å². The number of hydrogen-bond donors (Lipinski definition) is 1. The molecule has 3 atom stereocenters. The molecule has 30 heavy (non-hydrogen) atoms. The maximum absolute atomic E-state index is 14.0. The van der Waals surface area contributed by atoms with Crippen LogP contribution in [0.25, 0.3) is 0 Å². The monoisotopic (exact) mass is 440 g/mol. The molecule has 1 aliphatic rings. The summed E-state index contributed by atoms with van der Waals surface area (Å²) in [5.74, 6) is -3.05. The predicted molar refractivity (Wildman–Crippen MR) is 106 cm³/mol. The van der Waals surface area contributed by atoms with Crippen LogP contribution >= 0.6 is 0 Å². The molecule has 0 bridgehead atoms. The van der Waals surface area contributed by atoms with Crippen molar-refractivity contribution in [2.45, 2.75) is 32.5 Å². The molecule has 0 aromatic heterocycles. The molecule has 2 aromatic carbocycles. The molecule has 0 saturated carbocycles. The van der Waals surface area contributed by atoms with Crippen molar-refractivity contribution in [2.24, 2.45) is 0 Å². The number of anilines is 1. The molecule has 1 amide bonds. The molecular weight excluding hydrogens is 419 g/mol. The van der Waals surface area contributed by atoms with Crippen LogP contribution in [0.4, 0.5) is 18.9 Å². The summed E-state index contributed by atoms with van der Waals surface area (Å²) in [6.45, 7) is 4.44. The van der Waals surface area contributed by atoms with E-state index in [1.165, 1.54) is 24.3 Å². The van der Waals surface area contributed by atoms with E-state index in [2.05, 4.69) is 4.72 Å². The SMILES string of the molecule is CC1CN(Cc2c(F)cc(F)cc2F)CC(C)N1C(=O)c1ccc(NS(=O)[O-])cc1. The van der Waals surface area contributed by atoms with Gasteiger partial charge in [-0.3, -0.25) is 13.9 Å². The Morgan fingerprint density at radius 2 is 1.63 bits per heavy atom. The van der Waals surface area contributed by atoms with Gasteiger partial charge in [0.1, 0.15) is 17.5 Å². The summed E-state index contributed by atoms with van der Waals surface area (Å²) in [7, 11) is 0. The number of halogens is 3. The van der Waals surface area contributed by atoms with Crippen molar-refractivity contribution in [3.05, 3.63) is 65.0 Å². The number of nitrogens with zero attached hydrogens (tertiary/aromatic N) is 2. The van der Waals surface area contributed by atoms with Gasteiger partial charge >= 0.3 is 0 Å². The third-order valence-electron chi connectivity index (χ3n) is 5.05. The van der Waals surface area contributed by atoms with E-state index in [9.17, 15) is 26.7 Å². The first kappa shape index (κ1) is 22.3. The van der Waals surface area contributed by atoms with E-state index in [0.29, 0.717) is 36.5 Å². The highest BCUT2D eigenvalue weighted by molar-refractivity contribution is 7.80. The van der Waals surface area contributed by atoms with Gasteiger partial charge in [-0.1, -0.05) is 0 Å². The topological polar surface area (TPSA) is 75.7 Å². The lowest BCUT2D eigenvalue weighted by Gasteiger charge is -2.44. The van der Waals surface area contributed by atoms with Gasteiger partial charge in [-0.15, -0.1) is 0 Å². The van der Waals surface area contributed by atoms with Crippen LogP contribution < -0.4 is 4.72 Å². The maximum atomic E-state index is 14.0. The molecule has 6 nitrogen and oxygen atoms in total. The normalized spacial score (nSPS) is 20.8. The van der Waals surface area contributed by atoms with Gasteiger partial charge in [0.25, 0.3) is 5.91 Å². The van der Waals surface area contributed by atoms with Crippen LogP contribution in [0.5, 0.6) is 0 Å². The van der Waals surface area contributed by atoms with Crippen LogP contribution in [0.1, 0.15) is 29.8 Å². The molecule has 0 spiro atoms. The lowest BCUT2D eigenvalue weighted by atomic mass is 10.0. The molecule has 1 heterocycles. The Kier molecular flexibility index (Phi) is 6.79. The van der Waals surface area contributed by atoms with Crippen LogP contribution in [0.2, 0.25) is 0 Å². The van der Waals surface area contributed by atoms with Gasteiger partial charge in [0.05, 0.1) is 0 Å². The summed E-state index contributed by atoms with van der Waals surface area (Å²) in [6, 6.07) is 6.90. The molecule has 1 fully saturated rings. The van der Waals surface area contributed by atoms with Crippen LogP contribution in [0.15, 0.2) is 36.4 Å². The molecule has 2 aromatic rings. The van der Waals surface area contributed by atoms with E-state index in [-0.39, 0.29) is 30.1 Å². The Morgan fingerprint density at radius 1 is 1.10 bits per heavy atom. The fourth-order valence-electron chi connectivity index (χ4n) is 3.83. The second kappa shape index (κ2) is 9.15. The summed E-state index contributed by atoms with van der Waals surface area (Å²) in [5, 5.41) is 0. The average Bonchev–Trinajstić information content (AvgIpc) is 2.64. The first-order chi connectivity index (χ1) is 14.2. The van der Waals surface area contributed by atoms with Gasteiger partial charge in [0.2, 0.25) is 0 Å². The van der Waals surface area contributed by atoms with Crippen molar-refractivity contribution < 1.29 is 26.7 Å². The number of carbonyl (C=O) groups excluding carboxylic acids is 1. The van der Waals surface area contributed by atoms with Gasteiger partial charge in [0.15, 0.2) is 0 Å². The Balaban J connectivity index is 1.70. The van der Waals surface area contributed by atoms with E-state index in [1.54, 1.807) is 4.90 Å². The Hall–Kier alpha value is -2.43. The van der Waals surface area contributed by atoms with Crippen molar-refractivity contribution in [1.29, 1.82) is 0 Å². The molecule has 3 unspecified atom stereocenters. The van der Waals surface area contributed by atoms with Gasteiger partial charge < -0.3 is 14.2 Å². The fourth-order valence-corrected chi connectivity index (χ4v) is 4.16. The molecule has 10 heteroatoms. The zero-order chi connectivity index (χ0) is 22.0. The highest BCUT2D eigenvalue weighted by atomic mass is 32.2. The van der Waals surface area contributed by atoms with E-state index in [4.69, 9.17) is 0 Å². The number of carbonyl (C=O) groups is 1. The Labute approximate surface area is 175 Å². The number of benzene rings is 2. The van der Waals surface area contributed by atoms with Gasteiger partial charge in [-0.05, 0) is 38.1 Å². The highest BCUT2D eigenvalue weighted by Gasteiger charge is 2.34. The largest absolute Gasteiger partial charge is 0.755 e. The summed E-state index contributed by atoms with van der Waals surface area (Å²) in [4.78, 5) is 16.5. The lowest BCUT2D eigenvalue weighted by molar-refractivity contribution is 0.0262. The number of rotatable bonds is 5. The Bertz CT molecular complexity index is 923. The zero-order valence-corrected chi connectivity index (χ0v) is 17.2. The quantitative estimate of drug-likeness (QED) is 0.726. The number of amides is 1. The summed E-state index contributed by atoms with van der Waals surface area (Å²) in [5.41, 5.74) is 0.545. The predicted octanol–water partition coefficient (Wildman–Crippen LogP) is 3.04. The molecule has 0 radical (unpaired) electrons. The van der Waals surface area contributed by atoms with Gasteiger partial charge in [0, 0.05) is 71.9 Å². The van der Waals surface area contributed by atoms with Gasteiger partial charge in [-0.2, -0.15) is 0 Å². The minimum Gasteiger partial charge on any atom is -0.755 e. The number of piperazine rings is 1. The highest BCUT2D eigenvalue weighted by Crippen LogP contribution is 2.23. The third-order valence-corrected chi connectivity index (χ3v) is 5.45. The van der Waals surface area contributed by atoms with Crippen LogP contribution in [-0.2, 0) is 17.8 Å². The lowest BCUT2D eigenvalue weighted by Crippen LogP contribution is -2.58. The number of nitrogens with one attached hydrogen (secondary N) is 1.